The van der Waals surface area contributed by atoms with Crippen LogP contribution < -0.4 is 10.5 Å². The first-order valence-electron chi connectivity index (χ1n) is 11.7. The number of aliphatic hydroxyl groups is 2. The second-order valence-corrected chi connectivity index (χ2v) is 9.00. The molecule has 184 valence electrons. The van der Waals surface area contributed by atoms with Crippen LogP contribution in [0.25, 0.3) is 22.2 Å². The summed E-state index contributed by atoms with van der Waals surface area (Å²) in [6, 6.07) is 3.56. The van der Waals surface area contributed by atoms with E-state index in [4.69, 9.17) is 20.7 Å². The van der Waals surface area contributed by atoms with Crippen LogP contribution in [0.5, 0.6) is 5.88 Å². The van der Waals surface area contributed by atoms with Crippen molar-refractivity contribution in [1.82, 2.24) is 29.5 Å². The van der Waals surface area contributed by atoms with E-state index in [9.17, 15) is 9.50 Å². The highest BCUT2D eigenvalue weighted by Crippen LogP contribution is 2.36. The second-order valence-electron chi connectivity index (χ2n) is 9.00. The van der Waals surface area contributed by atoms with E-state index in [2.05, 4.69) is 15.1 Å². The predicted molar refractivity (Wildman–Crippen MR) is 127 cm³/mol. The third kappa shape index (κ3) is 4.69. The summed E-state index contributed by atoms with van der Waals surface area (Å²) >= 11 is 0. The summed E-state index contributed by atoms with van der Waals surface area (Å²) in [4.78, 5) is 8.31. The number of aliphatic hydroxyl groups excluding tert-OH is 2. The van der Waals surface area contributed by atoms with Crippen molar-refractivity contribution in [1.29, 1.82) is 0 Å². The van der Waals surface area contributed by atoms with E-state index in [0.29, 0.717) is 11.4 Å². The number of aromatic nitrogens is 6. The molecule has 1 aliphatic rings. The fourth-order valence-corrected chi connectivity index (χ4v) is 4.56. The zero-order chi connectivity index (χ0) is 24.5. The Bertz CT molecular complexity index is 1330. The van der Waals surface area contributed by atoms with Gasteiger partial charge in [0.25, 0.3) is 5.88 Å². The number of nitrogens with zero attached hydrogens (tertiary/aromatic N) is 6. The van der Waals surface area contributed by atoms with Crippen LogP contribution in [-0.4, -0.2) is 58.6 Å². The van der Waals surface area contributed by atoms with Crippen LogP contribution in [0.1, 0.15) is 37.3 Å². The van der Waals surface area contributed by atoms with Gasteiger partial charge < -0.3 is 20.7 Å². The number of rotatable bonds is 7. The van der Waals surface area contributed by atoms with Crippen LogP contribution in [0.2, 0.25) is 0 Å². The minimum Gasteiger partial charge on any atom is -0.472 e. The van der Waals surface area contributed by atoms with Gasteiger partial charge in [-0.15, -0.1) is 0 Å². The van der Waals surface area contributed by atoms with Gasteiger partial charge in [-0.1, -0.05) is 0 Å². The first-order valence-corrected chi connectivity index (χ1v) is 11.7. The molecule has 4 N–H and O–H groups in total. The largest absolute Gasteiger partial charge is 0.472 e. The van der Waals surface area contributed by atoms with E-state index in [1.807, 2.05) is 10.7 Å². The lowest BCUT2D eigenvalue weighted by Gasteiger charge is -2.29. The highest BCUT2D eigenvalue weighted by Gasteiger charge is 2.28. The lowest BCUT2D eigenvalue weighted by molar-refractivity contribution is 0.0783. The van der Waals surface area contributed by atoms with Crippen LogP contribution in [0.3, 0.4) is 0 Å². The molecule has 4 aromatic rings. The maximum atomic E-state index is 14.3. The molecule has 0 radical (unpaired) electrons. The summed E-state index contributed by atoms with van der Waals surface area (Å²) in [7, 11) is 0. The Morgan fingerprint density at radius 1 is 1.23 bits per heavy atom. The van der Waals surface area contributed by atoms with E-state index in [0.717, 1.165) is 47.8 Å². The molecule has 0 spiro atoms. The lowest BCUT2D eigenvalue weighted by atomic mass is 9.93. The van der Waals surface area contributed by atoms with Gasteiger partial charge in [0, 0.05) is 35.6 Å². The van der Waals surface area contributed by atoms with E-state index < -0.39 is 11.9 Å². The lowest BCUT2D eigenvalue weighted by Crippen LogP contribution is -2.27. The number of anilines is 1. The third-order valence-corrected chi connectivity index (χ3v) is 6.45. The number of nitrogens with two attached hydrogens (primary N) is 1. The van der Waals surface area contributed by atoms with E-state index in [-0.39, 0.29) is 31.2 Å². The van der Waals surface area contributed by atoms with Crippen LogP contribution >= 0.6 is 0 Å². The average molecular weight is 482 g/mol. The fourth-order valence-electron chi connectivity index (χ4n) is 4.56. The molecule has 4 aromatic heterocycles. The number of pyridine rings is 2. The Labute approximate surface area is 201 Å². The molecule has 0 amide bonds. The number of hydrogen-bond donors (Lipinski definition) is 3. The second kappa shape index (κ2) is 9.59. The van der Waals surface area contributed by atoms with Gasteiger partial charge in [-0.2, -0.15) is 10.2 Å². The third-order valence-electron chi connectivity index (χ3n) is 6.45. The van der Waals surface area contributed by atoms with E-state index in [1.54, 1.807) is 42.5 Å². The molecule has 10 nitrogen and oxygen atoms in total. The van der Waals surface area contributed by atoms with Gasteiger partial charge in [-0.25, -0.2) is 14.4 Å². The molecule has 35 heavy (non-hydrogen) atoms. The normalized spacial score (nSPS) is 19.2. The van der Waals surface area contributed by atoms with Crippen LogP contribution in [0, 0.1) is 12.7 Å². The molecule has 0 unspecified atom stereocenters. The molecule has 0 aliphatic heterocycles. The Balaban J connectivity index is 1.37. The Morgan fingerprint density at radius 3 is 2.80 bits per heavy atom. The molecule has 1 saturated carbocycles. The summed E-state index contributed by atoms with van der Waals surface area (Å²) in [5, 5.41) is 28.9. The molecule has 4 heterocycles. The molecule has 0 bridgehead atoms. The maximum Gasteiger partial charge on any atom is 0.250 e. The van der Waals surface area contributed by atoms with Crippen molar-refractivity contribution in [3.63, 3.8) is 0 Å². The molecular formula is C24H28FN7O3. The SMILES string of the molecule is Cc1ccnc(OC2CCC(n3nc(-c4cnn(C[C@@H](O)CO)c4)c4cnc(N)cc43)CC2)c1F. The van der Waals surface area contributed by atoms with Crippen LogP contribution in [0.4, 0.5) is 10.2 Å². The van der Waals surface area contributed by atoms with Crippen molar-refractivity contribution in [2.75, 3.05) is 12.3 Å². The summed E-state index contributed by atoms with van der Waals surface area (Å²) < 4.78 is 23.8. The molecule has 1 aliphatic carbocycles. The smallest absolute Gasteiger partial charge is 0.250 e. The van der Waals surface area contributed by atoms with E-state index in [1.165, 1.54) is 0 Å². The molecule has 1 fully saturated rings. The van der Waals surface area contributed by atoms with Gasteiger partial charge in [0.1, 0.15) is 17.6 Å². The van der Waals surface area contributed by atoms with Crippen molar-refractivity contribution in [3.05, 3.63) is 48.3 Å². The van der Waals surface area contributed by atoms with Gasteiger partial charge in [0.05, 0.1) is 37.0 Å². The Kier molecular flexibility index (Phi) is 6.35. The highest BCUT2D eigenvalue weighted by atomic mass is 19.1. The minimum absolute atomic E-state index is 0.0578. The van der Waals surface area contributed by atoms with Gasteiger partial charge in [-0.3, -0.25) is 9.36 Å². The standard InChI is InChI=1S/C24H28FN7O3/c1-14-6-7-27-24(22(14)25)35-18-4-2-16(3-5-18)32-20-8-21(26)28-10-19(20)23(30-32)15-9-29-31(11-15)12-17(34)13-33/h6-11,16-18,33-34H,2-5,12-13H2,1H3,(H2,26,28)/t16?,17-,18?/m1/s1. The number of ether oxygens (including phenoxy) is 1. The summed E-state index contributed by atoms with van der Waals surface area (Å²) in [6.07, 6.45) is 8.83. The summed E-state index contributed by atoms with van der Waals surface area (Å²) in [5.41, 5.74) is 8.90. The van der Waals surface area contributed by atoms with Gasteiger partial charge in [-0.05, 0) is 44.2 Å². The van der Waals surface area contributed by atoms with Crippen molar-refractivity contribution >= 4 is 16.7 Å². The van der Waals surface area contributed by atoms with Gasteiger partial charge in [0.15, 0.2) is 5.82 Å². The number of hydrogen-bond acceptors (Lipinski definition) is 8. The molecule has 5 rings (SSSR count). The van der Waals surface area contributed by atoms with Crippen LogP contribution in [-0.2, 0) is 6.54 Å². The summed E-state index contributed by atoms with van der Waals surface area (Å²) in [5.74, 6) is 0.0554. The number of fused-ring (bicyclic) bond motifs is 1. The van der Waals surface area contributed by atoms with Crippen molar-refractivity contribution in [2.24, 2.45) is 0 Å². The van der Waals surface area contributed by atoms with Gasteiger partial charge in [0.2, 0.25) is 0 Å². The van der Waals surface area contributed by atoms with E-state index >= 15 is 0 Å². The van der Waals surface area contributed by atoms with Crippen molar-refractivity contribution in [2.45, 2.75) is 57.4 Å². The van der Waals surface area contributed by atoms with Gasteiger partial charge >= 0.3 is 0 Å². The predicted octanol–water partition coefficient (Wildman–Crippen LogP) is 2.64. The topological polar surface area (TPSA) is 137 Å². The fraction of sp³-hybridized carbons (Fsp3) is 0.417. The molecule has 11 heteroatoms. The van der Waals surface area contributed by atoms with Crippen LogP contribution in [0.15, 0.2) is 36.9 Å². The zero-order valence-corrected chi connectivity index (χ0v) is 19.4. The molecular weight excluding hydrogens is 453 g/mol. The maximum absolute atomic E-state index is 14.3. The summed E-state index contributed by atoms with van der Waals surface area (Å²) in [6.45, 7) is 1.54. The quantitative estimate of drug-likeness (QED) is 0.366. The zero-order valence-electron chi connectivity index (χ0n) is 19.4. The Morgan fingerprint density at radius 2 is 2.03 bits per heavy atom. The average Bonchev–Trinajstić information content (AvgIpc) is 3.46. The Hall–Kier alpha value is -3.57. The monoisotopic (exact) mass is 481 g/mol. The molecule has 1 atom stereocenters. The first-order chi connectivity index (χ1) is 16.9. The number of halogens is 1. The number of aryl methyl sites for hydroxylation is 1. The van der Waals surface area contributed by atoms with Crippen molar-refractivity contribution < 1.29 is 19.3 Å². The minimum atomic E-state index is -0.889. The highest BCUT2D eigenvalue weighted by molar-refractivity contribution is 5.93. The van der Waals surface area contributed by atoms with Crippen molar-refractivity contribution in [3.8, 4) is 17.1 Å². The number of nitrogen functional groups attached to an aromatic ring is 1. The first kappa shape index (κ1) is 23.2. The molecule has 0 aromatic carbocycles. The molecule has 0 saturated heterocycles.